The Balaban J connectivity index is 2.04. The number of anilines is 1. The zero-order chi connectivity index (χ0) is 18.9. The standard InChI is InChI=1S/C19H20BrNO5/c1-3-18(22)21-14-5-4-6-15(12-14)26-19(23)13-7-8-17(16(20)11-13)25-10-9-24-2/h4-8,11-12H,3,9-10H2,1-2H3,(H,21,22). The lowest BCUT2D eigenvalue weighted by atomic mass is 10.2. The maximum Gasteiger partial charge on any atom is 0.343 e. The zero-order valence-electron chi connectivity index (χ0n) is 14.6. The second-order valence-electron chi connectivity index (χ2n) is 5.31. The molecule has 0 fully saturated rings. The molecule has 1 amide bonds. The van der Waals surface area contributed by atoms with Crippen molar-refractivity contribution < 1.29 is 23.8 Å². The van der Waals surface area contributed by atoms with Gasteiger partial charge in [0.15, 0.2) is 0 Å². The van der Waals surface area contributed by atoms with Crippen molar-refractivity contribution >= 4 is 33.5 Å². The monoisotopic (exact) mass is 421 g/mol. The SMILES string of the molecule is CCC(=O)Nc1cccc(OC(=O)c2ccc(OCCOC)c(Br)c2)c1. The van der Waals surface area contributed by atoms with Gasteiger partial charge in [0.05, 0.1) is 16.6 Å². The van der Waals surface area contributed by atoms with Crippen molar-refractivity contribution in [2.45, 2.75) is 13.3 Å². The number of methoxy groups -OCH3 is 1. The van der Waals surface area contributed by atoms with E-state index in [1.54, 1.807) is 56.5 Å². The summed E-state index contributed by atoms with van der Waals surface area (Å²) in [6.07, 6.45) is 0.372. The summed E-state index contributed by atoms with van der Waals surface area (Å²) in [5.41, 5.74) is 0.948. The molecule has 26 heavy (non-hydrogen) atoms. The van der Waals surface area contributed by atoms with Crippen molar-refractivity contribution in [1.82, 2.24) is 0 Å². The molecular formula is C19H20BrNO5. The summed E-state index contributed by atoms with van der Waals surface area (Å²) in [6.45, 7) is 2.65. The lowest BCUT2D eigenvalue weighted by Crippen LogP contribution is -2.11. The molecule has 2 aromatic rings. The summed E-state index contributed by atoms with van der Waals surface area (Å²) < 4.78 is 16.5. The van der Waals surface area contributed by atoms with Crippen LogP contribution in [0.1, 0.15) is 23.7 Å². The lowest BCUT2D eigenvalue weighted by Gasteiger charge is -2.10. The highest BCUT2D eigenvalue weighted by atomic mass is 79.9. The van der Waals surface area contributed by atoms with E-state index in [0.717, 1.165) is 0 Å². The molecule has 0 aliphatic carbocycles. The van der Waals surface area contributed by atoms with Gasteiger partial charge >= 0.3 is 5.97 Å². The third kappa shape index (κ3) is 5.86. The molecule has 0 saturated heterocycles. The number of hydrogen-bond donors (Lipinski definition) is 1. The minimum Gasteiger partial charge on any atom is -0.490 e. The van der Waals surface area contributed by atoms with E-state index in [1.807, 2.05) is 0 Å². The number of carbonyl (C=O) groups is 2. The van der Waals surface area contributed by atoms with Gasteiger partial charge < -0.3 is 19.5 Å². The summed E-state index contributed by atoms with van der Waals surface area (Å²) in [4.78, 5) is 23.8. The number of ether oxygens (including phenoxy) is 3. The second kappa shape index (κ2) is 9.94. The van der Waals surface area contributed by atoms with Crippen molar-refractivity contribution in [1.29, 1.82) is 0 Å². The molecule has 0 unspecified atom stereocenters. The van der Waals surface area contributed by atoms with E-state index in [0.29, 0.717) is 46.9 Å². The molecule has 7 heteroatoms. The molecule has 6 nitrogen and oxygen atoms in total. The van der Waals surface area contributed by atoms with E-state index >= 15 is 0 Å². The number of carbonyl (C=O) groups excluding carboxylic acids is 2. The molecule has 138 valence electrons. The van der Waals surface area contributed by atoms with E-state index in [2.05, 4.69) is 21.2 Å². The van der Waals surface area contributed by atoms with Crippen molar-refractivity contribution in [3.05, 3.63) is 52.5 Å². The maximum absolute atomic E-state index is 12.3. The van der Waals surface area contributed by atoms with E-state index in [4.69, 9.17) is 14.2 Å². The molecule has 0 aliphatic rings. The number of halogens is 1. The molecular weight excluding hydrogens is 402 g/mol. The van der Waals surface area contributed by atoms with Gasteiger partial charge in [0.1, 0.15) is 18.1 Å². The average molecular weight is 422 g/mol. The molecule has 0 radical (unpaired) electrons. The van der Waals surface area contributed by atoms with E-state index in [-0.39, 0.29) is 5.91 Å². The summed E-state index contributed by atoms with van der Waals surface area (Å²) in [5, 5.41) is 2.72. The van der Waals surface area contributed by atoms with Crippen LogP contribution in [0.2, 0.25) is 0 Å². The van der Waals surface area contributed by atoms with Gasteiger partial charge in [-0.05, 0) is 46.3 Å². The highest BCUT2D eigenvalue weighted by molar-refractivity contribution is 9.10. The first-order chi connectivity index (χ1) is 12.5. The fourth-order valence-electron chi connectivity index (χ4n) is 2.03. The minimum atomic E-state index is -0.506. The Labute approximate surface area is 160 Å². The van der Waals surface area contributed by atoms with Crippen LogP contribution in [0.4, 0.5) is 5.69 Å². The van der Waals surface area contributed by atoms with E-state index < -0.39 is 5.97 Å². The quantitative estimate of drug-likeness (QED) is 0.395. The Morgan fingerprint density at radius 2 is 1.92 bits per heavy atom. The zero-order valence-corrected chi connectivity index (χ0v) is 16.2. The van der Waals surface area contributed by atoms with Gasteiger partial charge in [0.2, 0.25) is 5.91 Å². The van der Waals surface area contributed by atoms with E-state index in [1.165, 1.54) is 0 Å². The third-order valence-corrected chi connectivity index (χ3v) is 3.98. The Kier molecular flexibility index (Phi) is 7.62. The number of hydrogen-bond acceptors (Lipinski definition) is 5. The summed E-state index contributed by atoms with van der Waals surface area (Å²) in [5.74, 6) is 0.345. The normalized spacial score (nSPS) is 10.3. The molecule has 0 heterocycles. The predicted octanol–water partition coefficient (Wildman–Crippen LogP) is 4.04. The summed E-state index contributed by atoms with van der Waals surface area (Å²) in [7, 11) is 1.60. The number of esters is 1. The Hall–Kier alpha value is -2.38. The predicted molar refractivity (Wildman–Crippen MR) is 102 cm³/mol. The lowest BCUT2D eigenvalue weighted by molar-refractivity contribution is -0.115. The third-order valence-electron chi connectivity index (χ3n) is 3.36. The first-order valence-corrected chi connectivity index (χ1v) is 8.86. The number of benzene rings is 2. The molecule has 0 spiro atoms. The fraction of sp³-hybridized carbons (Fsp3) is 0.263. The molecule has 0 bridgehead atoms. The van der Waals surface area contributed by atoms with Gasteiger partial charge in [-0.1, -0.05) is 13.0 Å². The highest BCUT2D eigenvalue weighted by Crippen LogP contribution is 2.27. The molecule has 2 rings (SSSR count). The van der Waals surface area contributed by atoms with Crippen LogP contribution in [0.3, 0.4) is 0 Å². The molecule has 1 N–H and O–H groups in total. The van der Waals surface area contributed by atoms with Gasteiger partial charge in [-0.25, -0.2) is 4.79 Å². The van der Waals surface area contributed by atoms with E-state index in [9.17, 15) is 9.59 Å². The van der Waals surface area contributed by atoms with Crippen molar-refractivity contribution in [3.8, 4) is 11.5 Å². The van der Waals surface area contributed by atoms with Gasteiger partial charge in [-0.2, -0.15) is 0 Å². The highest BCUT2D eigenvalue weighted by Gasteiger charge is 2.12. The number of nitrogens with one attached hydrogen (secondary N) is 1. The Morgan fingerprint density at radius 1 is 1.12 bits per heavy atom. The second-order valence-corrected chi connectivity index (χ2v) is 6.16. The average Bonchev–Trinajstić information content (AvgIpc) is 2.63. The van der Waals surface area contributed by atoms with Crippen LogP contribution in [0.5, 0.6) is 11.5 Å². The van der Waals surface area contributed by atoms with Gasteiger partial charge in [0.25, 0.3) is 0 Å². The molecule has 2 aromatic carbocycles. The smallest absolute Gasteiger partial charge is 0.343 e. The molecule has 0 aliphatic heterocycles. The Morgan fingerprint density at radius 3 is 2.62 bits per heavy atom. The summed E-state index contributed by atoms with van der Waals surface area (Å²) >= 11 is 3.38. The van der Waals surface area contributed by atoms with Crippen LogP contribution in [-0.4, -0.2) is 32.2 Å². The first kappa shape index (κ1) is 19.9. The van der Waals surface area contributed by atoms with Crippen molar-refractivity contribution in [3.63, 3.8) is 0 Å². The largest absolute Gasteiger partial charge is 0.490 e. The van der Waals surface area contributed by atoms with Crippen LogP contribution >= 0.6 is 15.9 Å². The molecule has 0 atom stereocenters. The van der Waals surface area contributed by atoms with Gasteiger partial charge in [-0.3, -0.25) is 4.79 Å². The van der Waals surface area contributed by atoms with Crippen LogP contribution < -0.4 is 14.8 Å². The minimum absolute atomic E-state index is 0.110. The van der Waals surface area contributed by atoms with Gasteiger partial charge in [0, 0.05) is 25.3 Å². The van der Waals surface area contributed by atoms with Crippen LogP contribution in [-0.2, 0) is 9.53 Å². The van der Waals surface area contributed by atoms with Crippen LogP contribution in [0.15, 0.2) is 46.9 Å². The van der Waals surface area contributed by atoms with Crippen molar-refractivity contribution in [2.24, 2.45) is 0 Å². The topological polar surface area (TPSA) is 73.9 Å². The maximum atomic E-state index is 12.3. The van der Waals surface area contributed by atoms with Crippen LogP contribution in [0, 0.1) is 0 Å². The number of amides is 1. The van der Waals surface area contributed by atoms with Gasteiger partial charge in [-0.15, -0.1) is 0 Å². The fourth-order valence-corrected chi connectivity index (χ4v) is 2.53. The number of rotatable bonds is 8. The molecule has 0 aromatic heterocycles. The first-order valence-electron chi connectivity index (χ1n) is 8.07. The Bertz CT molecular complexity index is 778. The van der Waals surface area contributed by atoms with Crippen LogP contribution in [0.25, 0.3) is 0 Å². The summed E-state index contributed by atoms with van der Waals surface area (Å²) in [6, 6.07) is 11.6. The van der Waals surface area contributed by atoms with Crippen molar-refractivity contribution in [2.75, 3.05) is 25.6 Å². The molecule has 0 saturated carbocycles.